The number of aryl methyl sites for hydroxylation is 3. The van der Waals surface area contributed by atoms with Gasteiger partial charge in [-0.05, 0) is 44.9 Å². The standard InChI is InChI=1S/C20H23N3O3S/c1-6-23(14-8-7-11(2)9-12(14)3)10-15-21-18(24)16-13(4)17(20(25)26-5)27-19(16)22-15/h7-9H,6,10H2,1-5H3,(H,21,22,24). The van der Waals surface area contributed by atoms with Gasteiger partial charge in [0.1, 0.15) is 15.5 Å². The van der Waals surface area contributed by atoms with Gasteiger partial charge >= 0.3 is 5.97 Å². The monoisotopic (exact) mass is 385 g/mol. The number of anilines is 1. The summed E-state index contributed by atoms with van der Waals surface area (Å²) in [5.41, 5.74) is 3.90. The van der Waals surface area contributed by atoms with E-state index < -0.39 is 5.97 Å². The van der Waals surface area contributed by atoms with Gasteiger partial charge in [-0.15, -0.1) is 11.3 Å². The number of carbonyl (C=O) groups is 1. The van der Waals surface area contributed by atoms with Crippen LogP contribution in [0.2, 0.25) is 0 Å². The molecule has 6 nitrogen and oxygen atoms in total. The third-order valence-electron chi connectivity index (χ3n) is 4.64. The molecule has 7 heteroatoms. The van der Waals surface area contributed by atoms with Crippen molar-refractivity contribution in [3.63, 3.8) is 0 Å². The summed E-state index contributed by atoms with van der Waals surface area (Å²) in [5, 5.41) is 0.457. The summed E-state index contributed by atoms with van der Waals surface area (Å²) in [5.74, 6) is 0.133. The van der Waals surface area contributed by atoms with Gasteiger partial charge in [-0.1, -0.05) is 17.7 Å². The van der Waals surface area contributed by atoms with Crippen molar-refractivity contribution < 1.29 is 9.53 Å². The molecule has 0 spiro atoms. The van der Waals surface area contributed by atoms with E-state index in [2.05, 4.69) is 53.8 Å². The molecule has 2 aromatic heterocycles. The summed E-state index contributed by atoms with van der Waals surface area (Å²) in [4.78, 5) is 35.1. The lowest BCUT2D eigenvalue weighted by Gasteiger charge is -2.24. The summed E-state index contributed by atoms with van der Waals surface area (Å²) >= 11 is 1.20. The summed E-state index contributed by atoms with van der Waals surface area (Å²) in [6, 6.07) is 6.31. The lowest BCUT2D eigenvalue weighted by atomic mass is 10.1. The molecular weight excluding hydrogens is 362 g/mol. The van der Waals surface area contributed by atoms with Gasteiger partial charge < -0.3 is 14.6 Å². The lowest BCUT2D eigenvalue weighted by molar-refractivity contribution is 0.0605. The van der Waals surface area contributed by atoms with Crippen LogP contribution in [0.1, 0.15) is 39.1 Å². The number of hydrogen-bond acceptors (Lipinski definition) is 6. The fraction of sp³-hybridized carbons (Fsp3) is 0.350. The minimum atomic E-state index is -0.443. The summed E-state index contributed by atoms with van der Waals surface area (Å²) in [6.07, 6.45) is 0. The van der Waals surface area contributed by atoms with E-state index in [1.165, 1.54) is 29.6 Å². The average Bonchev–Trinajstić information content (AvgIpc) is 2.96. The summed E-state index contributed by atoms with van der Waals surface area (Å²) < 4.78 is 4.80. The average molecular weight is 385 g/mol. The van der Waals surface area contributed by atoms with Crippen LogP contribution in [0.5, 0.6) is 0 Å². The van der Waals surface area contributed by atoms with E-state index in [9.17, 15) is 9.59 Å². The van der Waals surface area contributed by atoms with Crippen molar-refractivity contribution in [3.05, 3.63) is 55.9 Å². The van der Waals surface area contributed by atoms with Crippen LogP contribution in [0, 0.1) is 20.8 Å². The Bertz CT molecular complexity index is 1070. The Balaban J connectivity index is 2.01. The quantitative estimate of drug-likeness (QED) is 0.678. The van der Waals surface area contributed by atoms with Crippen molar-refractivity contribution in [1.82, 2.24) is 9.97 Å². The zero-order chi connectivity index (χ0) is 19.7. The number of nitrogens with zero attached hydrogens (tertiary/aromatic N) is 2. The van der Waals surface area contributed by atoms with Gasteiger partial charge in [-0.25, -0.2) is 9.78 Å². The molecule has 0 aliphatic carbocycles. The number of carbonyl (C=O) groups excluding carboxylic acids is 1. The van der Waals surface area contributed by atoms with Crippen LogP contribution >= 0.6 is 11.3 Å². The zero-order valence-corrected chi connectivity index (χ0v) is 17.0. The number of methoxy groups -OCH3 is 1. The molecular formula is C20H23N3O3S. The summed E-state index contributed by atoms with van der Waals surface area (Å²) in [7, 11) is 1.33. The van der Waals surface area contributed by atoms with Crippen molar-refractivity contribution in [2.24, 2.45) is 0 Å². The van der Waals surface area contributed by atoms with Crippen molar-refractivity contribution in [2.75, 3.05) is 18.6 Å². The maximum atomic E-state index is 12.6. The Morgan fingerprint density at radius 2 is 2.04 bits per heavy atom. The number of nitrogens with one attached hydrogen (secondary N) is 1. The number of thiophene rings is 1. The molecule has 0 unspecified atom stereocenters. The maximum Gasteiger partial charge on any atom is 0.348 e. The van der Waals surface area contributed by atoms with Crippen LogP contribution in [0.25, 0.3) is 10.2 Å². The zero-order valence-electron chi connectivity index (χ0n) is 16.2. The minimum Gasteiger partial charge on any atom is -0.465 e. The molecule has 0 amide bonds. The fourth-order valence-electron chi connectivity index (χ4n) is 3.26. The number of aromatic nitrogens is 2. The molecule has 1 aromatic carbocycles. The fourth-order valence-corrected chi connectivity index (χ4v) is 4.38. The van der Waals surface area contributed by atoms with E-state index in [-0.39, 0.29) is 5.56 Å². The highest BCUT2D eigenvalue weighted by molar-refractivity contribution is 7.20. The highest BCUT2D eigenvalue weighted by atomic mass is 32.1. The van der Waals surface area contributed by atoms with E-state index >= 15 is 0 Å². The molecule has 0 radical (unpaired) electrons. The van der Waals surface area contributed by atoms with Crippen LogP contribution in [-0.4, -0.2) is 29.6 Å². The first kappa shape index (κ1) is 19.1. The van der Waals surface area contributed by atoms with Crippen LogP contribution < -0.4 is 10.5 Å². The van der Waals surface area contributed by atoms with Crippen molar-refractivity contribution in [1.29, 1.82) is 0 Å². The van der Waals surface area contributed by atoms with Crippen molar-refractivity contribution in [3.8, 4) is 0 Å². The molecule has 0 atom stereocenters. The second-order valence-corrected chi connectivity index (χ2v) is 7.54. The number of fused-ring (bicyclic) bond motifs is 1. The molecule has 3 aromatic rings. The Hall–Kier alpha value is -2.67. The number of H-pyrrole nitrogens is 1. The predicted molar refractivity (Wildman–Crippen MR) is 109 cm³/mol. The minimum absolute atomic E-state index is 0.226. The second-order valence-electron chi connectivity index (χ2n) is 6.54. The predicted octanol–water partition coefficient (Wildman–Crippen LogP) is 3.72. The number of ether oxygens (including phenoxy) is 1. The van der Waals surface area contributed by atoms with E-state index in [0.717, 1.165) is 12.2 Å². The molecule has 27 heavy (non-hydrogen) atoms. The third-order valence-corrected chi connectivity index (χ3v) is 5.80. The van der Waals surface area contributed by atoms with Gasteiger partial charge in [0.25, 0.3) is 5.56 Å². The molecule has 0 saturated heterocycles. The SMILES string of the molecule is CCN(Cc1nc2sc(C(=O)OC)c(C)c2c(=O)[nH]1)c1ccc(C)cc1C. The van der Waals surface area contributed by atoms with Gasteiger partial charge in [-0.2, -0.15) is 0 Å². The molecule has 3 rings (SSSR count). The summed E-state index contributed by atoms with van der Waals surface area (Å²) in [6.45, 7) is 9.22. The molecule has 142 valence electrons. The van der Waals surface area contributed by atoms with Gasteiger partial charge in [-0.3, -0.25) is 4.79 Å². The van der Waals surface area contributed by atoms with E-state index in [0.29, 0.717) is 33.0 Å². The van der Waals surface area contributed by atoms with E-state index in [1.54, 1.807) is 6.92 Å². The Morgan fingerprint density at radius 3 is 2.67 bits per heavy atom. The smallest absolute Gasteiger partial charge is 0.348 e. The molecule has 0 fully saturated rings. The topological polar surface area (TPSA) is 75.3 Å². The third kappa shape index (κ3) is 3.60. The van der Waals surface area contributed by atoms with Crippen LogP contribution in [0.15, 0.2) is 23.0 Å². The van der Waals surface area contributed by atoms with E-state index in [4.69, 9.17) is 4.74 Å². The van der Waals surface area contributed by atoms with Crippen molar-refractivity contribution >= 4 is 33.2 Å². The molecule has 1 N–H and O–H groups in total. The van der Waals surface area contributed by atoms with Crippen LogP contribution in [0.3, 0.4) is 0 Å². The maximum absolute atomic E-state index is 12.6. The number of hydrogen-bond donors (Lipinski definition) is 1. The largest absolute Gasteiger partial charge is 0.465 e. The first-order chi connectivity index (χ1) is 12.8. The van der Waals surface area contributed by atoms with E-state index in [1.807, 2.05) is 0 Å². The lowest BCUT2D eigenvalue weighted by Crippen LogP contribution is -2.26. The van der Waals surface area contributed by atoms with Gasteiger partial charge in [0.05, 0.1) is 19.0 Å². The number of esters is 1. The van der Waals surface area contributed by atoms with Gasteiger partial charge in [0.15, 0.2) is 0 Å². The number of rotatable bonds is 5. The molecule has 0 bridgehead atoms. The molecule has 2 heterocycles. The number of aromatic amines is 1. The molecule has 0 saturated carbocycles. The van der Waals surface area contributed by atoms with Crippen LogP contribution in [-0.2, 0) is 11.3 Å². The highest BCUT2D eigenvalue weighted by Crippen LogP contribution is 2.28. The first-order valence-corrected chi connectivity index (χ1v) is 9.60. The normalized spacial score (nSPS) is 11.0. The Morgan fingerprint density at radius 1 is 1.30 bits per heavy atom. The molecule has 0 aliphatic rings. The highest BCUT2D eigenvalue weighted by Gasteiger charge is 2.20. The molecule has 0 aliphatic heterocycles. The second kappa shape index (κ2) is 7.52. The first-order valence-electron chi connectivity index (χ1n) is 8.78. The van der Waals surface area contributed by atoms with Gasteiger partial charge in [0, 0.05) is 12.2 Å². The van der Waals surface area contributed by atoms with Gasteiger partial charge in [0.2, 0.25) is 0 Å². The van der Waals surface area contributed by atoms with Crippen molar-refractivity contribution in [2.45, 2.75) is 34.2 Å². The van der Waals surface area contributed by atoms with Crippen LogP contribution in [0.4, 0.5) is 5.69 Å². The number of benzene rings is 1. The Kier molecular flexibility index (Phi) is 5.32. The Labute approximate surface area is 161 Å².